The molecule has 0 spiro atoms. The van der Waals surface area contributed by atoms with E-state index in [0.29, 0.717) is 12.8 Å². The Morgan fingerprint density at radius 1 is 1.32 bits per heavy atom. The Labute approximate surface area is 135 Å². The number of nitrogens with one attached hydrogen (secondary N) is 1. The van der Waals surface area contributed by atoms with Gasteiger partial charge in [-0.25, -0.2) is 0 Å². The van der Waals surface area contributed by atoms with Gasteiger partial charge in [-0.05, 0) is 43.0 Å². The number of rotatable bonds is 5. The fourth-order valence-electron chi connectivity index (χ4n) is 3.04. The van der Waals surface area contributed by atoms with E-state index in [2.05, 4.69) is 24.4 Å². The second kappa shape index (κ2) is 6.63. The summed E-state index contributed by atoms with van der Waals surface area (Å²) >= 11 is 1.79. The number of aliphatic hydroxyl groups is 1. The number of aliphatic hydroxyl groups excluding tert-OH is 1. The predicted octanol–water partition coefficient (Wildman–Crippen LogP) is 3.15. The van der Waals surface area contributed by atoms with Crippen molar-refractivity contribution in [1.29, 1.82) is 0 Å². The number of aryl methyl sites for hydroxylation is 2. The molecule has 1 aromatic heterocycles. The normalized spacial score (nSPS) is 19.9. The maximum atomic E-state index is 12.1. The van der Waals surface area contributed by atoms with Crippen LogP contribution >= 0.6 is 11.3 Å². The van der Waals surface area contributed by atoms with E-state index in [-0.39, 0.29) is 11.9 Å². The summed E-state index contributed by atoms with van der Waals surface area (Å²) in [5.41, 5.74) is 2.19. The fraction of sp³-hybridized carbons (Fsp3) is 0.389. The average molecular weight is 315 g/mol. The molecule has 1 aliphatic carbocycles. The van der Waals surface area contributed by atoms with Crippen LogP contribution in [0, 0.1) is 6.92 Å². The first kappa shape index (κ1) is 15.3. The molecule has 2 N–H and O–H groups in total. The summed E-state index contributed by atoms with van der Waals surface area (Å²) in [5.74, 6) is 0.0223. The molecule has 116 valence electrons. The van der Waals surface area contributed by atoms with Gasteiger partial charge in [-0.3, -0.25) is 4.79 Å². The van der Waals surface area contributed by atoms with Gasteiger partial charge in [0.2, 0.25) is 5.91 Å². The number of hydrogen-bond donors (Lipinski definition) is 2. The second-order valence-corrected chi connectivity index (χ2v) is 7.25. The van der Waals surface area contributed by atoms with Gasteiger partial charge in [0, 0.05) is 22.6 Å². The van der Waals surface area contributed by atoms with Crippen molar-refractivity contribution in [3.05, 3.63) is 57.3 Å². The number of carbonyl (C=O) groups is 1. The van der Waals surface area contributed by atoms with Gasteiger partial charge in [-0.2, -0.15) is 0 Å². The highest BCUT2D eigenvalue weighted by Gasteiger charge is 2.31. The largest absolute Gasteiger partial charge is 0.390 e. The van der Waals surface area contributed by atoms with Crippen LogP contribution in [0.2, 0.25) is 0 Å². The van der Waals surface area contributed by atoms with Crippen LogP contribution in [0.25, 0.3) is 0 Å². The third-order valence-corrected chi connectivity index (χ3v) is 5.20. The minimum absolute atomic E-state index is 0.0223. The van der Waals surface area contributed by atoms with E-state index in [4.69, 9.17) is 0 Å². The Balaban J connectivity index is 1.51. The van der Waals surface area contributed by atoms with Gasteiger partial charge in [-0.1, -0.05) is 24.3 Å². The van der Waals surface area contributed by atoms with Gasteiger partial charge >= 0.3 is 0 Å². The van der Waals surface area contributed by atoms with Gasteiger partial charge in [0.25, 0.3) is 0 Å². The van der Waals surface area contributed by atoms with E-state index in [0.717, 1.165) is 24.0 Å². The van der Waals surface area contributed by atoms with Crippen LogP contribution in [-0.4, -0.2) is 17.1 Å². The minimum Gasteiger partial charge on any atom is -0.390 e. The highest BCUT2D eigenvalue weighted by atomic mass is 32.1. The number of amides is 1. The van der Waals surface area contributed by atoms with Crippen molar-refractivity contribution >= 4 is 17.2 Å². The Bertz CT molecular complexity index is 665. The summed E-state index contributed by atoms with van der Waals surface area (Å²) in [7, 11) is 0. The van der Waals surface area contributed by atoms with E-state index >= 15 is 0 Å². The summed E-state index contributed by atoms with van der Waals surface area (Å²) in [6.45, 7) is 2.10. The van der Waals surface area contributed by atoms with Crippen LogP contribution in [0.15, 0.2) is 36.4 Å². The predicted molar refractivity (Wildman–Crippen MR) is 89.0 cm³/mol. The highest BCUT2D eigenvalue weighted by Crippen LogP contribution is 2.31. The molecule has 3 nitrogen and oxygen atoms in total. The van der Waals surface area contributed by atoms with Crippen LogP contribution in [-0.2, 0) is 17.6 Å². The van der Waals surface area contributed by atoms with E-state index in [1.807, 2.05) is 24.3 Å². The molecule has 0 saturated carbocycles. The number of carbonyl (C=O) groups excluding carboxylic acids is 1. The summed E-state index contributed by atoms with van der Waals surface area (Å²) in [6.07, 6.45) is 2.39. The van der Waals surface area contributed by atoms with E-state index in [9.17, 15) is 9.90 Å². The minimum atomic E-state index is -0.513. The molecule has 0 unspecified atom stereocenters. The van der Waals surface area contributed by atoms with Crippen molar-refractivity contribution in [1.82, 2.24) is 5.32 Å². The van der Waals surface area contributed by atoms with E-state index < -0.39 is 6.10 Å². The molecule has 0 aliphatic heterocycles. The van der Waals surface area contributed by atoms with Gasteiger partial charge < -0.3 is 10.4 Å². The molecule has 0 radical (unpaired) electrons. The highest BCUT2D eigenvalue weighted by molar-refractivity contribution is 7.11. The van der Waals surface area contributed by atoms with Crippen molar-refractivity contribution in [2.24, 2.45) is 0 Å². The van der Waals surface area contributed by atoms with Crippen LogP contribution < -0.4 is 5.32 Å². The monoisotopic (exact) mass is 315 g/mol. The molecule has 1 aromatic carbocycles. The lowest BCUT2D eigenvalue weighted by Crippen LogP contribution is -2.33. The molecule has 22 heavy (non-hydrogen) atoms. The van der Waals surface area contributed by atoms with E-state index in [1.165, 1.54) is 9.75 Å². The van der Waals surface area contributed by atoms with Crippen LogP contribution in [0.5, 0.6) is 0 Å². The molecule has 3 rings (SSSR count). The molecule has 1 amide bonds. The van der Waals surface area contributed by atoms with Crippen molar-refractivity contribution in [3.8, 4) is 0 Å². The molecule has 0 saturated heterocycles. The number of hydrogen-bond acceptors (Lipinski definition) is 3. The zero-order valence-corrected chi connectivity index (χ0v) is 13.5. The summed E-state index contributed by atoms with van der Waals surface area (Å²) in [4.78, 5) is 14.8. The third-order valence-electron chi connectivity index (χ3n) is 4.14. The quantitative estimate of drug-likeness (QED) is 0.890. The van der Waals surface area contributed by atoms with Crippen molar-refractivity contribution in [2.45, 2.75) is 44.8 Å². The summed E-state index contributed by atoms with van der Waals surface area (Å²) in [5, 5.41) is 13.1. The second-order valence-electron chi connectivity index (χ2n) is 5.88. The van der Waals surface area contributed by atoms with Crippen molar-refractivity contribution < 1.29 is 9.90 Å². The molecule has 1 heterocycles. The summed E-state index contributed by atoms with van der Waals surface area (Å²) in [6, 6.07) is 11.9. The molecule has 0 bridgehead atoms. The van der Waals surface area contributed by atoms with Crippen LogP contribution in [0.3, 0.4) is 0 Å². The molecule has 1 aliphatic rings. The maximum absolute atomic E-state index is 12.1. The van der Waals surface area contributed by atoms with Crippen LogP contribution in [0.4, 0.5) is 0 Å². The Kier molecular flexibility index (Phi) is 4.60. The van der Waals surface area contributed by atoms with Crippen LogP contribution in [0.1, 0.15) is 39.8 Å². The third kappa shape index (κ3) is 3.39. The number of benzene rings is 1. The lowest BCUT2D eigenvalue weighted by atomic mass is 10.1. The van der Waals surface area contributed by atoms with Gasteiger partial charge in [0.05, 0.1) is 12.1 Å². The zero-order chi connectivity index (χ0) is 15.5. The standard InChI is InChI=1S/C18H21NO2S/c1-12-9-10-14(22-12)6-4-8-17(21)19-18-15-7-3-2-5-13(15)11-16(18)20/h2-3,5,7,9-10,16,18,20H,4,6,8,11H2,1H3,(H,19,21)/t16-,18+/m0/s1. The summed E-state index contributed by atoms with van der Waals surface area (Å²) < 4.78 is 0. The smallest absolute Gasteiger partial charge is 0.220 e. The van der Waals surface area contributed by atoms with Gasteiger partial charge in [0.15, 0.2) is 0 Å². The first-order valence-electron chi connectivity index (χ1n) is 7.74. The Hall–Kier alpha value is -1.65. The first-order valence-corrected chi connectivity index (χ1v) is 8.55. The Morgan fingerprint density at radius 2 is 2.14 bits per heavy atom. The maximum Gasteiger partial charge on any atom is 0.220 e. The molecule has 0 fully saturated rings. The SMILES string of the molecule is Cc1ccc(CCCC(=O)N[C@@H]2c3ccccc3C[C@@H]2O)s1. The first-order chi connectivity index (χ1) is 10.6. The molecule has 2 atom stereocenters. The lowest BCUT2D eigenvalue weighted by Gasteiger charge is -2.17. The Morgan fingerprint density at radius 3 is 2.91 bits per heavy atom. The fourth-order valence-corrected chi connectivity index (χ4v) is 3.97. The molecular formula is C18H21NO2S. The zero-order valence-electron chi connectivity index (χ0n) is 12.7. The number of thiophene rings is 1. The van der Waals surface area contributed by atoms with Gasteiger partial charge in [-0.15, -0.1) is 11.3 Å². The van der Waals surface area contributed by atoms with E-state index in [1.54, 1.807) is 11.3 Å². The molecule has 2 aromatic rings. The molecule has 4 heteroatoms. The number of fused-ring (bicyclic) bond motifs is 1. The average Bonchev–Trinajstić information content (AvgIpc) is 3.03. The van der Waals surface area contributed by atoms with Gasteiger partial charge in [0.1, 0.15) is 0 Å². The lowest BCUT2D eigenvalue weighted by molar-refractivity contribution is -0.122. The van der Waals surface area contributed by atoms with Crippen molar-refractivity contribution in [3.63, 3.8) is 0 Å². The topological polar surface area (TPSA) is 49.3 Å². The van der Waals surface area contributed by atoms with Crippen molar-refractivity contribution in [2.75, 3.05) is 0 Å². The molecular weight excluding hydrogens is 294 g/mol.